The molecule has 0 fully saturated rings. The lowest BCUT2D eigenvalue weighted by Gasteiger charge is -2.08. The molecule has 1 unspecified atom stereocenters. The average Bonchev–Trinajstić information content (AvgIpc) is 2.25. The van der Waals surface area contributed by atoms with Gasteiger partial charge in [-0.3, -0.25) is 4.79 Å². The first-order valence-corrected chi connectivity index (χ1v) is 6.50. The lowest BCUT2D eigenvalue weighted by Crippen LogP contribution is -2.37. The number of hydrogen-bond donors (Lipinski definition) is 3. The van der Waals surface area contributed by atoms with E-state index in [0.717, 1.165) is 5.56 Å². The summed E-state index contributed by atoms with van der Waals surface area (Å²) in [5, 5.41) is 7.57. The molecule has 0 aliphatic carbocycles. The van der Waals surface area contributed by atoms with Gasteiger partial charge in [0.2, 0.25) is 15.9 Å². The lowest BCUT2D eigenvalue weighted by molar-refractivity contribution is -0.122. The summed E-state index contributed by atoms with van der Waals surface area (Å²) in [6.45, 7) is 1.88. The van der Waals surface area contributed by atoms with E-state index in [1.54, 1.807) is 19.1 Å². The lowest BCUT2D eigenvalue weighted by atomic mass is 10.2. The largest absolute Gasteiger partial charge is 0.351 e. The van der Waals surface area contributed by atoms with Gasteiger partial charge in [-0.1, -0.05) is 12.1 Å². The minimum Gasteiger partial charge on any atom is -0.351 e. The molecule has 0 saturated carbocycles. The normalized spacial score (nSPS) is 13.1. The van der Waals surface area contributed by atoms with E-state index in [4.69, 9.17) is 10.9 Å². The first-order chi connectivity index (χ1) is 7.80. The van der Waals surface area contributed by atoms with Crippen LogP contribution >= 0.6 is 0 Å². The third kappa shape index (κ3) is 4.14. The van der Waals surface area contributed by atoms with Gasteiger partial charge >= 0.3 is 0 Å². The van der Waals surface area contributed by atoms with E-state index in [9.17, 15) is 13.2 Å². The monoisotopic (exact) mass is 257 g/mol. The van der Waals surface area contributed by atoms with Crippen molar-refractivity contribution in [3.05, 3.63) is 29.8 Å². The number of carbonyl (C=O) groups is 1. The molecule has 5 N–H and O–H groups in total. The highest BCUT2D eigenvalue weighted by Gasteiger charge is 2.08. The van der Waals surface area contributed by atoms with Crippen LogP contribution in [0.4, 0.5) is 0 Å². The second-order valence-electron chi connectivity index (χ2n) is 3.70. The van der Waals surface area contributed by atoms with Crippen LogP contribution in [0.15, 0.2) is 29.2 Å². The number of nitrogens with one attached hydrogen (secondary N) is 1. The third-order valence-electron chi connectivity index (χ3n) is 2.13. The second-order valence-corrected chi connectivity index (χ2v) is 5.26. The summed E-state index contributed by atoms with van der Waals surface area (Å²) in [6, 6.07) is 5.38. The van der Waals surface area contributed by atoms with Crippen LogP contribution in [0.25, 0.3) is 0 Å². The smallest absolute Gasteiger partial charge is 0.238 e. The molecule has 0 heterocycles. The quantitative estimate of drug-likeness (QED) is 0.661. The van der Waals surface area contributed by atoms with Crippen LogP contribution in [0.3, 0.4) is 0 Å². The average molecular weight is 257 g/mol. The van der Waals surface area contributed by atoms with E-state index < -0.39 is 16.1 Å². The molecule has 1 aromatic rings. The summed E-state index contributed by atoms with van der Waals surface area (Å²) < 4.78 is 22.0. The van der Waals surface area contributed by atoms with E-state index in [-0.39, 0.29) is 10.8 Å². The van der Waals surface area contributed by atoms with Gasteiger partial charge in [0, 0.05) is 6.54 Å². The maximum absolute atomic E-state index is 11.2. The first kappa shape index (κ1) is 13.6. The Morgan fingerprint density at radius 3 is 2.29 bits per heavy atom. The number of benzene rings is 1. The van der Waals surface area contributed by atoms with Crippen LogP contribution in [0.5, 0.6) is 0 Å². The standard InChI is InChI=1S/C10H15N3O3S/c1-7(11)10(14)13-6-8-2-4-9(5-3-8)17(12,15)16/h2-5,7H,6,11H2,1H3,(H,13,14)(H2,12,15,16). The van der Waals surface area contributed by atoms with E-state index in [1.165, 1.54) is 12.1 Å². The maximum atomic E-state index is 11.2. The molecule has 0 aromatic heterocycles. The zero-order valence-corrected chi connectivity index (χ0v) is 10.2. The molecule has 1 atom stereocenters. The van der Waals surface area contributed by atoms with Crippen molar-refractivity contribution in [3.8, 4) is 0 Å². The Morgan fingerprint density at radius 2 is 1.88 bits per heavy atom. The Kier molecular flexibility index (Phi) is 4.22. The minimum absolute atomic E-state index is 0.0415. The van der Waals surface area contributed by atoms with Crippen molar-refractivity contribution in [2.24, 2.45) is 10.9 Å². The zero-order valence-electron chi connectivity index (χ0n) is 9.38. The second kappa shape index (κ2) is 5.26. The van der Waals surface area contributed by atoms with Gasteiger partial charge in [0.05, 0.1) is 10.9 Å². The van der Waals surface area contributed by atoms with Crippen molar-refractivity contribution in [3.63, 3.8) is 0 Å². The van der Waals surface area contributed by atoms with Crippen molar-refractivity contribution in [1.82, 2.24) is 5.32 Å². The fourth-order valence-electron chi connectivity index (χ4n) is 1.15. The Morgan fingerprint density at radius 1 is 1.35 bits per heavy atom. The highest BCUT2D eigenvalue weighted by atomic mass is 32.2. The number of rotatable bonds is 4. The van der Waals surface area contributed by atoms with E-state index >= 15 is 0 Å². The van der Waals surface area contributed by atoms with Gasteiger partial charge in [-0.25, -0.2) is 13.6 Å². The highest BCUT2D eigenvalue weighted by molar-refractivity contribution is 7.89. The number of sulfonamides is 1. The molecule has 7 heteroatoms. The van der Waals surface area contributed by atoms with Crippen LogP contribution in [-0.4, -0.2) is 20.4 Å². The first-order valence-electron chi connectivity index (χ1n) is 4.96. The molecule has 0 saturated heterocycles. The molecule has 6 nitrogen and oxygen atoms in total. The minimum atomic E-state index is -3.67. The SMILES string of the molecule is CC(N)C(=O)NCc1ccc(S(N)(=O)=O)cc1. The Balaban J connectivity index is 2.67. The summed E-state index contributed by atoms with van der Waals surface area (Å²) in [5.41, 5.74) is 6.14. The van der Waals surface area contributed by atoms with Gasteiger partial charge in [-0.2, -0.15) is 0 Å². The summed E-state index contributed by atoms with van der Waals surface area (Å²) in [6.07, 6.45) is 0. The number of primary sulfonamides is 1. The van der Waals surface area contributed by atoms with Crippen molar-refractivity contribution < 1.29 is 13.2 Å². The van der Waals surface area contributed by atoms with Crippen LogP contribution in [0.1, 0.15) is 12.5 Å². The summed E-state index contributed by atoms with van der Waals surface area (Å²) in [7, 11) is -3.67. The molecule has 1 amide bonds. The van der Waals surface area contributed by atoms with Gasteiger partial charge in [0.1, 0.15) is 0 Å². The molecular formula is C10H15N3O3S. The molecule has 1 rings (SSSR count). The molecule has 0 radical (unpaired) electrons. The summed E-state index contributed by atoms with van der Waals surface area (Å²) in [4.78, 5) is 11.2. The molecule has 94 valence electrons. The molecule has 0 aliphatic rings. The van der Waals surface area contributed by atoms with E-state index in [1.807, 2.05) is 0 Å². The molecule has 1 aromatic carbocycles. The fraction of sp³-hybridized carbons (Fsp3) is 0.300. The number of hydrogen-bond acceptors (Lipinski definition) is 4. The Hall–Kier alpha value is -1.44. The topological polar surface area (TPSA) is 115 Å². The fourth-order valence-corrected chi connectivity index (χ4v) is 1.66. The van der Waals surface area contributed by atoms with E-state index in [0.29, 0.717) is 6.54 Å². The molecule has 0 aliphatic heterocycles. The van der Waals surface area contributed by atoms with E-state index in [2.05, 4.69) is 5.32 Å². The van der Waals surface area contributed by atoms with Gasteiger partial charge in [0.25, 0.3) is 0 Å². The third-order valence-corrected chi connectivity index (χ3v) is 3.06. The summed E-state index contributed by atoms with van der Waals surface area (Å²) in [5.74, 6) is -0.263. The van der Waals surface area contributed by atoms with Gasteiger partial charge in [-0.15, -0.1) is 0 Å². The van der Waals surface area contributed by atoms with Crippen molar-refractivity contribution >= 4 is 15.9 Å². The number of carbonyl (C=O) groups excluding carboxylic acids is 1. The zero-order chi connectivity index (χ0) is 13.1. The van der Waals surface area contributed by atoms with Gasteiger partial charge in [-0.05, 0) is 24.6 Å². The molecule has 17 heavy (non-hydrogen) atoms. The predicted octanol–water partition coefficient (Wildman–Crippen LogP) is -0.703. The van der Waals surface area contributed by atoms with Crippen molar-refractivity contribution in [2.75, 3.05) is 0 Å². The number of nitrogens with two attached hydrogens (primary N) is 2. The van der Waals surface area contributed by atoms with Crippen LogP contribution in [0, 0.1) is 0 Å². The van der Waals surface area contributed by atoms with Gasteiger partial charge < -0.3 is 11.1 Å². The van der Waals surface area contributed by atoms with Crippen molar-refractivity contribution in [1.29, 1.82) is 0 Å². The van der Waals surface area contributed by atoms with Crippen LogP contribution in [-0.2, 0) is 21.4 Å². The Labute approximate surface area is 100 Å². The molecule has 0 spiro atoms. The molecular weight excluding hydrogens is 242 g/mol. The number of amides is 1. The maximum Gasteiger partial charge on any atom is 0.238 e. The van der Waals surface area contributed by atoms with Gasteiger partial charge in [0.15, 0.2) is 0 Å². The van der Waals surface area contributed by atoms with Crippen LogP contribution in [0.2, 0.25) is 0 Å². The Bertz CT molecular complexity index is 494. The highest BCUT2D eigenvalue weighted by Crippen LogP contribution is 2.08. The summed E-state index contributed by atoms with van der Waals surface area (Å²) >= 11 is 0. The predicted molar refractivity (Wildman–Crippen MR) is 63.3 cm³/mol. The molecule has 0 bridgehead atoms. The van der Waals surface area contributed by atoms with Crippen LogP contribution < -0.4 is 16.2 Å². The van der Waals surface area contributed by atoms with Crippen molar-refractivity contribution in [2.45, 2.75) is 24.4 Å².